The van der Waals surface area contributed by atoms with E-state index in [4.69, 9.17) is 4.84 Å². The van der Waals surface area contributed by atoms with Crippen LogP contribution in [0, 0.1) is 0 Å². The third-order valence-corrected chi connectivity index (χ3v) is 4.32. The van der Waals surface area contributed by atoms with Crippen LogP contribution in [0.3, 0.4) is 0 Å². The highest BCUT2D eigenvalue weighted by atomic mass is 32.1. The summed E-state index contributed by atoms with van der Waals surface area (Å²) in [6, 6.07) is 6.34. The van der Waals surface area contributed by atoms with Crippen molar-refractivity contribution in [1.82, 2.24) is 14.7 Å². The molecule has 22 heavy (non-hydrogen) atoms. The summed E-state index contributed by atoms with van der Waals surface area (Å²) in [7, 11) is 0. The van der Waals surface area contributed by atoms with E-state index in [9.17, 15) is 14.4 Å². The molecule has 0 atom stereocenters. The fraction of sp³-hybridized carbons (Fsp3) is 0.214. The monoisotopic (exact) mass is 315 g/mol. The molecule has 0 saturated heterocycles. The van der Waals surface area contributed by atoms with Gasteiger partial charge in [-0.1, -0.05) is 21.7 Å². The molecule has 2 amide bonds. The lowest BCUT2D eigenvalue weighted by Gasteiger charge is -2.11. The largest absolute Gasteiger partial charge is 0.377 e. The number of fused-ring (bicyclic) bond motifs is 1. The van der Waals surface area contributed by atoms with Crippen LogP contribution in [0.15, 0.2) is 24.3 Å². The summed E-state index contributed by atoms with van der Waals surface area (Å²) in [5.74, 6) is -1.83. The van der Waals surface area contributed by atoms with Crippen molar-refractivity contribution in [3.63, 3.8) is 0 Å². The van der Waals surface area contributed by atoms with Crippen LogP contribution >= 0.6 is 11.5 Å². The zero-order chi connectivity index (χ0) is 15.3. The molecule has 0 radical (unpaired) electrons. The Balaban J connectivity index is 1.59. The van der Waals surface area contributed by atoms with Crippen LogP contribution in [0.1, 0.15) is 54.8 Å². The maximum absolute atomic E-state index is 12.2. The topological polar surface area (TPSA) is 89.5 Å². The summed E-state index contributed by atoms with van der Waals surface area (Å²) >= 11 is 0.911. The molecular formula is C14H9N3O4S. The SMILES string of the molecule is O=C(ON1C(=O)c2ccccc2C1=O)c1snnc1C1CC1. The Hall–Kier alpha value is -2.61. The lowest BCUT2D eigenvalue weighted by Crippen LogP contribution is -2.32. The number of benzene rings is 1. The van der Waals surface area contributed by atoms with Crippen LogP contribution in [-0.2, 0) is 4.84 Å². The molecule has 1 aliphatic heterocycles. The average Bonchev–Trinajstić information content (AvgIpc) is 3.22. The molecular weight excluding hydrogens is 306 g/mol. The number of carbonyl (C=O) groups is 3. The second-order valence-electron chi connectivity index (χ2n) is 5.09. The Morgan fingerprint density at radius 1 is 1.18 bits per heavy atom. The van der Waals surface area contributed by atoms with Gasteiger partial charge >= 0.3 is 5.97 Å². The van der Waals surface area contributed by atoms with E-state index in [1.54, 1.807) is 12.1 Å². The quantitative estimate of drug-likeness (QED) is 0.802. The van der Waals surface area contributed by atoms with Gasteiger partial charge in [0.1, 0.15) is 0 Å². The first kappa shape index (κ1) is 13.1. The summed E-state index contributed by atoms with van der Waals surface area (Å²) in [5, 5.41) is 4.43. The van der Waals surface area contributed by atoms with Crippen LogP contribution in [0.5, 0.6) is 0 Å². The van der Waals surface area contributed by atoms with Crippen LogP contribution in [-0.4, -0.2) is 32.4 Å². The average molecular weight is 315 g/mol. The number of imide groups is 1. The molecule has 4 rings (SSSR count). The molecule has 8 heteroatoms. The van der Waals surface area contributed by atoms with Gasteiger partial charge in [0.15, 0.2) is 4.88 Å². The zero-order valence-corrected chi connectivity index (χ0v) is 12.0. The normalized spacial score (nSPS) is 16.8. The van der Waals surface area contributed by atoms with Gasteiger partial charge in [0.05, 0.1) is 16.8 Å². The van der Waals surface area contributed by atoms with Crippen LogP contribution in [0.2, 0.25) is 0 Å². The fourth-order valence-electron chi connectivity index (χ4n) is 2.34. The van der Waals surface area contributed by atoms with Crippen molar-refractivity contribution in [2.45, 2.75) is 18.8 Å². The van der Waals surface area contributed by atoms with Gasteiger partial charge in [-0.05, 0) is 36.5 Å². The minimum absolute atomic E-state index is 0.225. The highest BCUT2D eigenvalue weighted by Gasteiger charge is 2.40. The molecule has 2 aromatic rings. The number of hydrogen-bond acceptors (Lipinski definition) is 7. The van der Waals surface area contributed by atoms with E-state index in [0.717, 1.165) is 24.4 Å². The van der Waals surface area contributed by atoms with E-state index in [0.29, 0.717) is 10.8 Å². The minimum atomic E-state index is -0.772. The lowest BCUT2D eigenvalue weighted by molar-refractivity contribution is -0.0582. The number of hydrogen-bond donors (Lipinski definition) is 0. The molecule has 7 nitrogen and oxygen atoms in total. The van der Waals surface area contributed by atoms with E-state index in [1.165, 1.54) is 12.1 Å². The second kappa shape index (κ2) is 4.70. The maximum Gasteiger partial charge on any atom is 0.377 e. The predicted octanol–water partition coefficient (Wildman–Crippen LogP) is 1.78. The Morgan fingerprint density at radius 3 is 2.41 bits per heavy atom. The number of aromatic nitrogens is 2. The van der Waals surface area contributed by atoms with E-state index in [-0.39, 0.29) is 21.9 Å². The summed E-state index contributed by atoms with van der Waals surface area (Å²) in [6.45, 7) is 0. The summed E-state index contributed by atoms with van der Waals surface area (Å²) < 4.78 is 3.76. The highest BCUT2D eigenvalue weighted by molar-refractivity contribution is 7.07. The highest BCUT2D eigenvalue weighted by Crippen LogP contribution is 2.41. The first-order valence-electron chi connectivity index (χ1n) is 6.69. The molecule has 0 N–H and O–H groups in total. The van der Waals surface area contributed by atoms with E-state index in [2.05, 4.69) is 9.59 Å². The molecule has 1 aliphatic carbocycles. The molecule has 1 aromatic heterocycles. The molecule has 1 saturated carbocycles. The Labute approximate surface area is 128 Å². The van der Waals surface area contributed by atoms with Crippen molar-refractivity contribution in [2.75, 3.05) is 0 Å². The van der Waals surface area contributed by atoms with Gasteiger partial charge in [-0.15, -0.1) is 5.10 Å². The second-order valence-corrected chi connectivity index (χ2v) is 5.84. The van der Waals surface area contributed by atoms with Crippen LogP contribution in [0.25, 0.3) is 0 Å². The van der Waals surface area contributed by atoms with E-state index < -0.39 is 17.8 Å². The summed E-state index contributed by atoms with van der Waals surface area (Å²) in [4.78, 5) is 41.8. The molecule has 1 fully saturated rings. The third-order valence-electron chi connectivity index (χ3n) is 3.59. The van der Waals surface area contributed by atoms with Crippen molar-refractivity contribution in [3.05, 3.63) is 46.0 Å². The summed E-state index contributed by atoms with van der Waals surface area (Å²) in [5.41, 5.74) is 1.04. The van der Waals surface area contributed by atoms with Gasteiger partial charge in [-0.3, -0.25) is 9.59 Å². The standard InChI is InChI=1S/C14H9N3O4S/c18-12-8-3-1-2-4-9(8)13(19)17(12)21-14(20)11-10(7-5-6-7)15-16-22-11/h1-4,7H,5-6H2. The third kappa shape index (κ3) is 1.92. The molecule has 0 unspecified atom stereocenters. The van der Waals surface area contributed by atoms with Gasteiger partial charge < -0.3 is 4.84 Å². The lowest BCUT2D eigenvalue weighted by atomic mass is 10.1. The maximum atomic E-state index is 12.2. The van der Waals surface area contributed by atoms with Gasteiger partial charge in [0, 0.05) is 5.92 Å². The summed E-state index contributed by atoms with van der Waals surface area (Å²) in [6.07, 6.45) is 1.91. The van der Waals surface area contributed by atoms with Gasteiger partial charge in [-0.25, -0.2) is 4.79 Å². The van der Waals surface area contributed by atoms with Crippen molar-refractivity contribution in [2.24, 2.45) is 0 Å². The Kier molecular flexibility index (Phi) is 2.80. The minimum Gasteiger partial charge on any atom is -0.323 e. The van der Waals surface area contributed by atoms with Crippen LogP contribution < -0.4 is 0 Å². The molecule has 110 valence electrons. The number of carbonyl (C=O) groups excluding carboxylic acids is 3. The molecule has 2 heterocycles. The van der Waals surface area contributed by atoms with Gasteiger partial charge in [0.2, 0.25) is 0 Å². The van der Waals surface area contributed by atoms with E-state index >= 15 is 0 Å². The van der Waals surface area contributed by atoms with Gasteiger partial charge in [-0.2, -0.15) is 0 Å². The molecule has 0 bridgehead atoms. The number of rotatable bonds is 3. The molecule has 1 aromatic carbocycles. The Bertz CT molecular complexity index is 777. The van der Waals surface area contributed by atoms with Gasteiger partial charge in [0.25, 0.3) is 11.8 Å². The Morgan fingerprint density at radius 2 is 1.82 bits per heavy atom. The van der Waals surface area contributed by atoms with Crippen molar-refractivity contribution < 1.29 is 19.2 Å². The number of nitrogens with zero attached hydrogens (tertiary/aromatic N) is 3. The molecule has 0 spiro atoms. The van der Waals surface area contributed by atoms with Crippen LogP contribution in [0.4, 0.5) is 0 Å². The predicted molar refractivity (Wildman–Crippen MR) is 74.2 cm³/mol. The van der Waals surface area contributed by atoms with Crippen molar-refractivity contribution in [3.8, 4) is 0 Å². The molecule has 2 aliphatic rings. The smallest absolute Gasteiger partial charge is 0.323 e. The van der Waals surface area contributed by atoms with Crippen molar-refractivity contribution >= 4 is 29.3 Å². The fourth-order valence-corrected chi connectivity index (χ4v) is 2.96. The van der Waals surface area contributed by atoms with Crippen molar-refractivity contribution in [1.29, 1.82) is 0 Å². The first-order chi connectivity index (χ1) is 10.7. The number of hydroxylamine groups is 2. The van der Waals surface area contributed by atoms with E-state index in [1.807, 2.05) is 0 Å². The number of amides is 2. The zero-order valence-electron chi connectivity index (χ0n) is 11.2. The first-order valence-corrected chi connectivity index (χ1v) is 7.46.